The molecule has 5 heteroatoms. The van der Waals surface area contributed by atoms with Gasteiger partial charge in [0.05, 0.1) is 0 Å². The predicted octanol–water partition coefficient (Wildman–Crippen LogP) is 2.81. The lowest BCUT2D eigenvalue weighted by molar-refractivity contribution is 0.175. The van der Waals surface area contributed by atoms with Crippen LogP contribution in [0.1, 0.15) is 26.2 Å². The summed E-state index contributed by atoms with van der Waals surface area (Å²) >= 11 is 0. The first-order valence-corrected chi connectivity index (χ1v) is 7.19. The van der Waals surface area contributed by atoms with Crippen LogP contribution < -0.4 is 11.1 Å². The van der Waals surface area contributed by atoms with E-state index >= 15 is 0 Å². The second kappa shape index (κ2) is 6.70. The van der Waals surface area contributed by atoms with Crippen molar-refractivity contribution >= 4 is 11.7 Å². The molecule has 1 fully saturated rings. The summed E-state index contributed by atoms with van der Waals surface area (Å²) in [5, 5.41) is 2.76. The van der Waals surface area contributed by atoms with Gasteiger partial charge in [0.25, 0.3) is 0 Å². The summed E-state index contributed by atoms with van der Waals surface area (Å²) in [4.78, 5) is 14.2. The molecule has 1 aliphatic rings. The molecule has 0 spiro atoms. The predicted molar refractivity (Wildman–Crippen MR) is 78.0 cm³/mol. The molecule has 0 radical (unpaired) electrons. The highest BCUT2D eigenvalue weighted by molar-refractivity contribution is 5.89. The number of carbonyl (C=O) groups is 1. The van der Waals surface area contributed by atoms with Crippen LogP contribution in [-0.2, 0) is 0 Å². The number of amides is 2. The van der Waals surface area contributed by atoms with Crippen molar-refractivity contribution in [2.75, 3.05) is 18.4 Å². The molecule has 0 heterocycles. The molecular weight excluding hydrogens is 257 g/mol. The van der Waals surface area contributed by atoms with Crippen LogP contribution in [0.4, 0.5) is 14.9 Å². The average molecular weight is 279 g/mol. The summed E-state index contributed by atoms with van der Waals surface area (Å²) in [5.74, 6) is 0.0137. The lowest BCUT2D eigenvalue weighted by Gasteiger charge is -2.31. The Balaban J connectivity index is 2.05. The van der Waals surface area contributed by atoms with Crippen molar-refractivity contribution in [3.05, 3.63) is 30.1 Å². The molecule has 20 heavy (non-hydrogen) atoms. The molecule has 2 rings (SSSR count). The molecule has 1 aromatic carbocycles. The third-order valence-electron chi connectivity index (χ3n) is 4.00. The standard InChI is InChI=1S/C15H22FN3O/c1-2-19(14-8-3-5-11(14)10-17)15(20)18-13-7-4-6-12(16)9-13/h4,6-7,9,11,14H,2-3,5,8,10,17H2,1H3,(H,18,20). The SMILES string of the molecule is CCN(C(=O)Nc1cccc(F)c1)C1CCCC1CN. The summed E-state index contributed by atoms with van der Waals surface area (Å²) < 4.78 is 13.1. The lowest BCUT2D eigenvalue weighted by Crippen LogP contribution is -2.46. The van der Waals surface area contributed by atoms with Crippen LogP contribution in [0.25, 0.3) is 0 Å². The largest absolute Gasteiger partial charge is 0.330 e. The van der Waals surface area contributed by atoms with E-state index in [4.69, 9.17) is 5.73 Å². The zero-order valence-electron chi connectivity index (χ0n) is 11.8. The Morgan fingerprint density at radius 3 is 2.95 bits per heavy atom. The summed E-state index contributed by atoms with van der Waals surface area (Å²) in [6, 6.07) is 5.96. The Kier molecular flexibility index (Phi) is 4.95. The first-order chi connectivity index (χ1) is 9.65. The van der Waals surface area contributed by atoms with E-state index in [0.717, 1.165) is 19.3 Å². The van der Waals surface area contributed by atoms with Crippen LogP contribution in [0.5, 0.6) is 0 Å². The van der Waals surface area contributed by atoms with Crippen LogP contribution in [0.3, 0.4) is 0 Å². The normalized spacial score (nSPS) is 21.8. The van der Waals surface area contributed by atoms with Crippen molar-refractivity contribution in [3.63, 3.8) is 0 Å². The van der Waals surface area contributed by atoms with Gasteiger partial charge in [0.1, 0.15) is 5.82 Å². The van der Waals surface area contributed by atoms with Gasteiger partial charge in [0.15, 0.2) is 0 Å². The number of hydrogen-bond donors (Lipinski definition) is 2. The molecule has 110 valence electrons. The molecule has 2 unspecified atom stereocenters. The first kappa shape index (κ1) is 14.8. The van der Waals surface area contributed by atoms with Crippen molar-refractivity contribution in [1.29, 1.82) is 0 Å². The van der Waals surface area contributed by atoms with E-state index in [0.29, 0.717) is 24.7 Å². The van der Waals surface area contributed by atoms with Gasteiger partial charge in [-0.2, -0.15) is 0 Å². The van der Waals surface area contributed by atoms with Crippen LogP contribution in [0.2, 0.25) is 0 Å². The van der Waals surface area contributed by atoms with E-state index in [1.54, 1.807) is 12.1 Å². The number of halogens is 1. The number of carbonyl (C=O) groups excluding carboxylic acids is 1. The van der Waals surface area contributed by atoms with Crippen molar-refractivity contribution < 1.29 is 9.18 Å². The topological polar surface area (TPSA) is 58.4 Å². The zero-order chi connectivity index (χ0) is 14.5. The summed E-state index contributed by atoms with van der Waals surface area (Å²) in [6.45, 7) is 3.19. The van der Waals surface area contributed by atoms with Crippen LogP contribution in [-0.4, -0.2) is 30.1 Å². The number of nitrogens with one attached hydrogen (secondary N) is 1. The zero-order valence-corrected chi connectivity index (χ0v) is 11.8. The van der Waals surface area contributed by atoms with E-state index in [-0.39, 0.29) is 17.9 Å². The van der Waals surface area contributed by atoms with Gasteiger partial charge in [-0.05, 0) is 50.4 Å². The molecule has 2 atom stereocenters. The Morgan fingerprint density at radius 1 is 1.50 bits per heavy atom. The second-order valence-corrected chi connectivity index (χ2v) is 5.22. The number of rotatable bonds is 4. The summed E-state index contributed by atoms with van der Waals surface area (Å²) in [6.07, 6.45) is 3.17. The fourth-order valence-electron chi connectivity index (χ4n) is 2.99. The van der Waals surface area contributed by atoms with E-state index in [9.17, 15) is 9.18 Å². The van der Waals surface area contributed by atoms with Crippen molar-refractivity contribution in [2.45, 2.75) is 32.2 Å². The third-order valence-corrected chi connectivity index (χ3v) is 4.00. The fraction of sp³-hybridized carbons (Fsp3) is 0.533. The summed E-state index contributed by atoms with van der Waals surface area (Å²) in [5.41, 5.74) is 6.26. The van der Waals surface area contributed by atoms with Gasteiger partial charge in [-0.3, -0.25) is 0 Å². The maximum Gasteiger partial charge on any atom is 0.322 e. The van der Waals surface area contributed by atoms with E-state index in [1.807, 2.05) is 11.8 Å². The first-order valence-electron chi connectivity index (χ1n) is 7.19. The van der Waals surface area contributed by atoms with E-state index in [2.05, 4.69) is 5.32 Å². The number of hydrogen-bond acceptors (Lipinski definition) is 2. The van der Waals surface area contributed by atoms with Gasteiger partial charge in [-0.25, -0.2) is 9.18 Å². The van der Waals surface area contributed by atoms with Crippen molar-refractivity contribution in [3.8, 4) is 0 Å². The molecule has 0 bridgehead atoms. The number of benzene rings is 1. The lowest BCUT2D eigenvalue weighted by atomic mass is 10.0. The van der Waals surface area contributed by atoms with Crippen molar-refractivity contribution in [1.82, 2.24) is 4.90 Å². The molecule has 1 saturated carbocycles. The molecule has 4 nitrogen and oxygen atoms in total. The highest BCUT2D eigenvalue weighted by Gasteiger charge is 2.33. The molecule has 0 saturated heterocycles. The van der Waals surface area contributed by atoms with E-state index < -0.39 is 0 Å². The molecular formula is C15H22FN3O. The third kappa shape index (κ3) is 3.28. The van der Waals surface area contributed by atoms with Gasteiger partial charge in [0, 0.05) is 18.3 Å². The van der Waals surface area contributed by atoms with E-state index in [1.165, 1.54) is 12.1 Å². The minimum absolute atomic E-state index is 0.177. The minimum atomic E-state index is -0.355. The average Bonchev–Trinajstić information content (AvgIpc) is 2.88. The minimum Gasteiger partial charge on any atom is -0.330 e. The molecule has 3 N–H and O–H groups in total. The molecule has 0 aliphatic heterocycles. The van der Waals surface area contributed by atoms with Crippen LogP contribution in [0, 0.1) is 11.7 Å². The highest BCUT2D eigenvalue weighted by atomic mass is 19.1. The van der Waals surface area contributed by atoms with Crippen LogP contribution in [0.15, 0.2) is 24.3 Å². The Hall–Kier alpha value is -1.62. The van der Waals surface area contributed by atoms with Crippen LogP contribution >= 0.6 is 0 Å². The molecule has 1 aliphatic carbocycles. The van der Waals surface area contributed by atoms with Gasteiger partial charge in [0.2, 0.25) is 0 Å². The maximum atomic E-state index is 13.1. The Bertz CT molecular complexity index is 466. The van der Waals surface area contributed by atoms with Gasteiger partial charge in [-0.1, -0.05) is 12.5 Å². The van der Waals surface area contributed by atoms with Crippen molar-refractivity contribution in [2.24, 2.45) is 11.7 Å². The van der Waals surface area contributed by atoms with Gasteiger partial charge in [-0.15, -0.1) is 0 Å². The number of nitrogens with two attached hydrogens (primary N) is 1. The summed E-state index contributed by atoms with van der Waals surface area (Å²) in [7, 11) is 0. The van der Waals surface area contributed by atoms with Gasteiger partial charge < -0.3 is 16.0 Å². The molecule has 1 aromatic rings. The second-order valence-electron chi connectivity index (χ2n) is 5.22. The molecule has 2 amide bonds. The quantitative estimate of drug-likeness (QED) is 0.890. The van der Waals surface area contributed by atoms with Gasteiger partial charge >= 0.3 is 6.03 Å². The number of nitrogens with zero attached hydrogens (tertiary/aromatic N) is 1. The fourth-order valence-corrected chi connectivity index (χ4v) is 2.99. The number of urea groups is 1. The molecule has 0 aromatic heterocycles. The number of anilines is 1. The highest BCUT2D eigenvalue weighted by Crippen LogP contribution is 2.29. The Morgan fingerprint density at radius 2 is 2.30 bits per heavy atom. The smallest absolute Gasteiger partial charge is 0.322 e. The maximum absolute atomic E-state index is 13.1. The monoisotopic (exact) mass is 279 g/mol. The Labute approximate surface area is 119 Å².